The summed E-state index contributed by atoms with van der Waals surface area (Å²) in [6.45, 7) is 4.02. The first kappa shape index (κ1) is 18.0. The highest BCUT2D eigenvalue weighted by Crippen LogP contribution is 2.23. The molecule has 7 heteroatoms. The molecule has 128 valence electrons. The number of amides is 2. The van der Waals surface area contributed by atoms with E-state index in [0.717, 1.165) is 6.42 Å². The molecule has 0 bridgehead atoms. The number of anilines is 1. The molecular formula is C17H20ClN3O3. The summed E-state index contributed by atoms with van der Waals surface area (Å²) in [6.07, 6.45) is 0.723. The number of halogens is 1. The highest BCUT2D eigenvalue weighted by molar-refractivity contribution is 6.30. The zero-order chi connectivity index (χ0) is 17.5. The predicted octanol–water partition coefficient (Wildman–Crippen LogP) is 3.14. The average Bonchev–Trinajstić information content (AvgIpc) is 2.98. The van der Waals surface area contributed by atoms with Gasteiger partial charge < -0.3 is 14.7 Å². The third-order valence-electron chi connectivity index (χ3n) is 3.34. The molecule has 0 saturated carbocycles. The summed E-state index contributed by atoms with van der Waals surface area (Å²) in [4.78, 5) is 26.2. The second-order valence-corrected chi connectivity index (χ2v) is 5.84. The van der Waals surface area contributed by atoms with Gasteiger partial charge in [-0.15, -0.1) is 11.6 Å². The van der Waals surface area contributed by atoms with E-state index < -0.39 is 5.38 Å². The lowest BCUT2D eigenvalue weighted by Gasteiger charge is -2.24. The van der Waals surface area contributed by atoms with Crippen LogP contribution in [0, 0.1) is 6.92 Å². The molecule has 0 aliphatic carbocycles. The SMILES string of the molecule is CCCN(CC(=O)Nc1cc(C)on1)C(=O)[C@H](Cl)c1ccccc1. The van der Waals surface area contributed by atoms with E-state index in [1.165, 1.54) is 4.90 Å². The van der Waals surface area contributed by atoms with Crippen LogP contribution in [-0.2, 0) is 9.59 Å². The molecular weight excluding hydrogens is 330 g/mol. The average molecular weight is 350 g/mol. The summed E-state index contributed by atoms with van der Waals surface area (Å²) < 4.78 is 4.90. The van der Waals surface area contributed by atoms with Crippen molar-refractivity contribution in [2.75, 3.05) is 18.4 Å². The number of carbonyl (C=O) groups excluding carboxylic acids is 2. The fourth-order valence-corrected chi connectivity index (χ4v) is 2.53. The van der Waals surface area contributed by atoms with Gasteiger partial charge in [-0.3, -0.25) is 9.59 Å². The molecule has 2 rings (SSSR count). The summed E-state index contributed by atoms with van der Waals surface area (Å²) >= 11 is 6.28. The van der Waals surface area contributed by atoms with Gasteiger partial charge in [0, 0.05) is 12.6 Å². The minimum absolute atomic E-state index is 0.0887. The minimum atomic E-state index is -0.820. The van der Waals surface area contributed by atoms with E-state index in [4.69, 9.17) is 16.1 Å². The molecule has 0 saturated heterocycles. The number of nitrogens with one attached hydrogen (secondary N) is 1. The minimum Gasteiger partial charge on any atom is -0.360 e. The summed E-state index contributed by atoms with van der Waals surface area (Å²) in [6, 6.07) is 10.7. The summed E-state index contributed by atoms with van der Waals surface area (Å²) in [5.74, 6) is 0.279. The number of rotatable bonds is 7. The van der Waals surface area contributed by atoms with Crippen LogP contribution in [-0.4, -0.2) is 35.0 Å². The fourth-order valence-electron chi connectivity index (χ4n) is 2.24. The topological polar surface area (TPSA) is 75.4 Å². The van der Waals surface area contributed by atoms with Crippen molar-refractivity contribution >= 4 is 29.2 Å². The highest BCUT2D eigenvalue weighted by atomic mass is 35.5. The van der Waals surface area contributed by atoms with Gasteiger partial charge in [0.2, 0.25) is 11.8 Å². The summed E-state index contributed by atoms with van der Waals surface area (Å²) in [5, 5.41) is 5.48. The van der Waals surface area contributed by atoms with Crippen molar-refractivity contribution in [3.05, 3.63) is 47.7 Å². The number of hydrogen-bond acceptors (Lipinski definition) is 4. The number of benzene rings is 1. The standard InChI is InChI=1S/C17H20ClN3O3/c1-3-9-21(11-15(22)19-14-10-12(2)24-20-14)17(23)16(18)13-7-5-4-6-8-13/h4-8,10,16H,3,9,11H2,1-2H3,(H,19,20,22)/t16-/m1/s1. The maximum atomic E-state index is 12.6. The van der Waals surface area contributed by atoms with Gasteiger partial charge in [-0.1, -0.05) is 42.4 Å². The van der Waals surface area contributed by atoms with Crippen molar-refractivity contribution in [2.45, 2.75) is 25.6 Å². The van der Waals surface area contributed by atoms with Crippen LogP contribution in [0.3, 0.4) is 0 Å². The molecule has 1 aromatic heterocycles. The molecule has 0 aliphatic heterocycles. The number of aromatic nitrogens is 1. The van der Waals surface area contributed by atoms with E-state index >= 15 is 0 Å². The fraction of sp³-hybridized carbons (Fsp3) is 0.353. The van der Waals surface area contributed by atoms with Crippen LogP contribution < -0.4 is 5.32 Å². The number of nitrogens with zero attached hydrogens (tertiary/aromatic N) is 2. The van der Waals surface area contributed by atoms with Gasteiger partial charge in [-0.2, -0.15) is 0 Å². The normalized spacial score (nSPS) is 11.8. The monoisotopic (exact) mass is 349 g/mol. The first-order valence-electron chi connectivity index (χ1n) is 7.72. The molecule has 2 amide bonds. The number of hydrogen-bond donors (Lipinski definition) is 1. The van der Waals surface area contributed by atoms with Gasteiger partial charge in [0.15, 0.2) is 5.82 Å². The van der Waals surface area contributed by atoms with Crippen LogP contribution in [0.5, 0.6) is 0 Å². The van der Waals surface area contributed by atoms with Gasteiger partial charge in [-0.05, 0) is 18.9 Å². The van der Waals surface area contributed by atoms with Gasteiger partial charge in [-0.25, -0.2) is 0 Å². The van der Waals surface area contributed by atoms with E-state index in [9.17, 15) is 9.59 Å². The molecule has 1 heterocycles. The number of alkyl halides is 1. The van der Waals surface area contributed by atoms with Crippen molar-refractivity contribution in [2.24, 2.45) is 0 Å². The second kappa shape index (κ2) is 8.49. The van der Waals surface area contributed by atoms with E-state index in [0.29, 0.717) is 23.7 Å². The molecule has 0 fully saturated rings. The van der Waals surface area contributed by atoms with Crippen molar-refractivity contribution in [3.8, 4) is 0 Å². The Morgan fingerprint density at radius 1 is 1.33 bits per heavy atom. The van der Waals surface area contributed by atoms with Crippen molar-refractivity contribution < 1.29 is 14.1 Å². The Labute approximate surface area is 145 Å². The Morgan fingerprint density at radius 3 is 2.62 bits per heavy atom. The van der Waals surface area contributed by atoms with Crippen LogP contribution in [0.2, 0.25) is 0 Å². The zero-order valence-electron chi connectivity index (χ0n) is 13.7. The van der Waals surface area contributed by atoms with Gasteiger partial charge >= 0.3 is 0 Å². The van der Waals surface area contributed by atoms with E-state index in [1.54, 1.807) is 25.1 Å². The lowest BCUT2D eigenvalue weighted by Crippen LogP contribution is -2.40. The molecule has 0 spiro atoms. The maximum Gasteiger partial charge on any atom is 0.245 e. The van der Waals surface area contributed by atoms with E-state index in [2.05, 4.69) is 10.5 Å². The molecule has 0 aliphatic rings. The van der Waals surface area contributed by atoms with Crippen molar-refractivity contribution in [1.29, 1.82) is 0 Å². The maximum absolute atomic E-state index is 12.6. The van der Waals surface area contributed by atoms with Crippen LogP contribution in [0.1, 0.15) is 30.0 Å². The summed E-state index contributed by atoms with van der Waals surface area (Å²) in [5.41, 5.74) is 0.706. The number of aryl methyl sites for hydroxylation is 1. The largest absolute Gasteiger partial charge is 0.360 e. The first-order valence-corrected chi connectivity index (χ1v) is 8.16. The van der Waals surface area contributed by atoms with Crippen LogP contribution >= 0.6 is 11.6 Å². The van der Waals surface area contributed by atoms with Gasteiger partial charge in [0.1, 0.15) is 11.1 Å². The van der Waals surface area contributed by atoms with E-state index in [-0.39, 0.29) is 18.4 Å². The molecule has 24 heavy (non-hydrogen) atoms. The van der Waals surface area contributed by atoms with Crippen LogP contribution in [0.15, 0.2) is 40.9 Å². The molecule has 0 radical (unpaired) electrons. The first-order chi connectivity index (χ1) is 11.5. The Morgan fingerprint density at radius 2 is 2.04 bits per heavy atom. The third-order valence-corrected chi connectivity index (χ3v) is 3.78. The smallest absolute Gasteiger partial charge is 0.245 e. The molecule has 2 aromatic rings. The molecule has 0 unspecified atom stereocenters. The Bertz CT molecular complexity index is 687. The Hall–Kier alpha value is -2.34. The van der Waals surface area contributed by atoms with Gasteiger partial charge in [0.25, 0.3) is 0 Å². The lowest BCUT2D eigenvalue weighted by atomic mass is 10.1. The zero-order valence-corrected chi connectivity index (χ0v) is 14.4. The summed E-state index contributed by atoms with van der Waals surface area (Å²) in [7, 11) is 0. The van der Waals surface area contributed by atoms with E-state index in [1.807, 2.05) is 25.1 Å². The van der Waals surface area contributed by atoms with Crippen LogP contribution in [0.4, 0.5) is 5.82 Å². The second-order valence-electron chi connectivity index (χ2n) is 5.40. The van der Waals surface area contributed by atoms with Crippen LogP contribution in [0.25, 0.3) is 0 Å². The molecule has 1 N–H and O–H groups in total. The third kappa shape index (κ3) is 4.83. The Balaban J connectivity index is 2.02. The van der Waals surface area contributed by atoms with Crippen molar-refractivity contribution in [1.82, 2.24) is 10.1 Å². The Kier molecular flexibility index (Phi) is 6.37. The number of carbonyl (C=O) groups is 2. The van der Waals surface area contributed by atoms with Gasteiger partial charge in [0.05, 0.1) is 6.54 Å². The quantitative estimate of drug-likeness (QED) is 0.779. The van der Waals surface area contributed by atoms with Crippen molar-refractivity contribution in [3.63, 3.8) is 0 Å². The molecule has 1 atom stereocenters. The highest BCUT2D eigenvalue weighted by Gasteiger charge is 2.25. The molecule has 6 nitrogen and oxygen atoms in total. The molecule has 1 aromatic carbocycles. The lowest BCUT2D eigenvalue weighted by molar-refractivity contribution is -0.134. The predicted molar refractivity (Wildman–Crippen MR) is 91.8 cm³/mol.